The van der Waals surface area contributed by atoms with Crippen molar-refractivity contribution in [1.29, 1.82) is 0 Å². The fraction of sp³-hybridized carbons (Fsp3) is 0.133. The van der Waals surface area contributed by atoms with Crippen LogP contribution in [0.1, 0.15) is 26.5 Å². The number of hydrogen-bond donors (Lipinski definition) is 1. The molecule has 1 aromatic carbocycles. The van der Waals surface area contributed by atoms with Gasteiger partial charge in [0.1, 0.15) is 10.0 Å². The first kappa shape index (κ1) is 15.5. The minimum atomic E-state index is -0.353. The summed E-state index contributed by atoms with van der Waals surface area (Å²) in [5.74, 6) is -0.353. The van der Waals surface area contributed by atoms with Crippen LogP contribution in [0, 0.1) is 13.8 Å². The summed E-state index contributed by atoms with van der Waals surface area (Å²) in [7, 11) is 0. The fourth-order valence-electron chi connectivity index (χ4n) is 2.01. The maximum atomic E-state index is 11.9. The van der Waals surface area contributed by atoms with E-state index >= 15 is 0 Å². The lowest BCUT2D eigenvalue weighted by Crippen LogP contribution is -2.17. The number of carbonyl (C=O) groups excluding carboxylic acids is 1. The van der Waals surface area contributed by atoms with Gasteiger partial charge in [-0.3, -0.25) is 4.79 Å². The Morgan fingerprint density at radius 2 is 2.17 bits per heavy atom. The second kappa shape index (κ2) is 6.39. The monoisotopic (exact) mass is 345 g/mol. The van der Waals surface area contributed by atoms with E-state index in [0.717, 1.165) is 28.0 Å². The van der Waals surface area contributed by atoms with Gasteiger partial charge in [0.25, 0.3) is 5.91 Å². The van der Waals surface area contributed by atoms with E-state index < -0.39 is 0 Å². The zero-order chi connectivity index (χ0) is 16.4. The Morgan fingerprint density at radius 3 is 2.91 bits per heavy atom. The standard InChI is InChI=1S/C15H12ClN5OS/c1-8-3-4-10-6-11(14(16)18-12(10)5-8)7-17-20-15(22)13-9(2)19-21-23-13/h3-7H,1-2H3,(H,20,22)/b17-7-. The Kier molecular flexibility index (Phi) is 4.31. The van der Waals surface area contributed by atoms with Gasteiger partial charge in [-0.2, -0.15) is 5.10 Å². The van der Waals surface area contributed by atoms with Crippen LogP contribution in [-0.2, 0) is 0 Å². The summed E-state index contributed by atoms with van der Waals surface area (Å²) >= 11 is 7.19. The molecule has 2 aromatic heterocycles. The van der Waals surface area contributed by atoms with Crippen molar-refractivity contribution in [3.05, 3.63) is 51.1 Å². The number of benzene rings is 1. The van der Waals surface area contributed by atoms with E-state index in [-0.39, 0.29) is 5.91 Å². The summed E-state index contributed by atoms with van der Waals surface area (Å²) in [5, 5.41) is 8.99. The first-order valence-corrected chi connectivity index (χ1v) is 7.89. The number of nitrogens with zero attached hydrogens (tertiary/aromatic N) is 4. The highest BCUT2D eigenvalue weighted by molar-refractivity contribution is 7.07. The van der Waals surface area contributed by atoms with E-state index in [1.165, 1.54) is 6.21 Å². The lowest BCUT2D eigenvalue weighted by molar-refractivity contribution is 0.0958. The van der Waals surface area contributed by atoms with Crippen LogP contribution in [0.15, 0.2) is 29.4 Å². The van der Waals surface area contributed by atoms with Crippen LogP contribution in [-0.4, -0.2) is 26.7 Å². The van der Waals surface area contributed by atoms with Crippen molar-refractivity contribution in [2.45, 2.75) is 13.8 Å². The van der Waals surface area contributed by atoms with Gasteiger partial charge in [-0.1, -0.05) is 28.2 Å². The molecular formula is C15H12ClN5OS. The number of fused-ring (bicyclic) bond motifs is 1. The van der Waals surface area contributed by atoms with E-state index in [0.29, 0.717) is 21.3 Å². The first-order chi connectivity index (χ1) is 11.0. The van der Waals surface area contributed by atoms with E-state index in [2.05, 4.69) is 25.1 Å². The molecule has 0 unspecified atom stereocenters. The van der Waals surface area contributed by atoms with E-state index in [9.17, 15) is 4.79 Å². The van der Waals surface area contributed by atoms with Gasteiger partial charge >= 0.3 is 0 Å². The van der Waals surface area contributed by atoms with E-state index in [4.69, 9.17) is 11.6 Å². The molecule has 0 aliphatic heterocycles. The average Bonchev–Trinajstić information content (AvgIpc) is 2.94. The van der Waals surface area contributed by atoms with Crippen molar-refractivity contribution in [3.63, 3.8) is 0 Å². The Morgan fingerprint density at radius 1 is 1.35 bits per heavy atom. The van der Waals surface area contributed by atoms with Crippen LogP contribution in [0.3, 0.4) is 0 Å². The molecule has 0 fully saturated rings. The van der Waals surface area contributed by atoms with Gasteiger partial charge in [0.15, 0.2) is 0 Å². The molecule has 6 nitrogen and oxygen atoms in total. The van der Waals surface area contributed by atoms with Crippen molar-refractivity contribution in [2.75, 3.05) is 0 Å². The van der Waals surface area contributed by atoms with Crippen molar-refractivity contribution in [2.24, 2.45) is 5.10 Å². The molecule has 0 saturated carbocycles. The van der Waals surface area contributed by atoms with Gasteiger partial charge in [0.05, 0.1) is 17.4 Å². The van der Waals surface area contributed by atoms with Gasteiger partial charge in [0, 0.05) is 10.9 Å². The summed E-state index contributed by atoms with van der Waals surface area (Å²) in [6, 6.07) is 7.80. The SMILES string of the molecule is Cc1ccc2cc(/C=N\NC(=O)c3snnc3C)c(Cl)nc2c1. The normalized spacial score (nSPS) is 11.3. The molecule has 0 radical (unpaired) electrons. The smallest absolute Gasteiger partial charge is 0.266 e. The molecule has 2 heterocycles. The van der Waals surface area contributed by atoms with Crippen LogP contribution in [0.25, 0.3) is 10.9 Å². The lowest BCUT2D eigenvalue weighted by atomic mass is 10.1. The first-order valence-electron chi connectivity index (χ1n) is 6.74. The number of aromatic nitrogens is 3. The molecule has 0 bridgehead atoms. The van der Waals surface area contributed by atoms with Crippen LogP contribution < -0.4 is 5.43 Å². The summed E-state index contributed by atoms with van der Waals surface area (Å²) < 4.78 is 3.71. The molecule has 0 atom stereocenters. The summed E-state index contributed by atoms with van der Waals surface area (Å²) in [6.45, 7) is 3.71. The molecule has 3 aromatic rings. The predicted octanol–water partition coefficient (Wildman–Crippen LogP) is 3.12. The Bertz CT molecular complexity index is 921. The molecule has 0 spiro atoms. The predicted molar refractivity (Wildman–Crippen MR) is 91.2 cm³/mol. The van der Waals surface area contributed by atoms with Crippen LogP contribution in [0.5, 0.6) is 0 Å². The number of nitrogens with one attached hydrogen (secondary N) is 1. The Balaban J connectivity index is 1.81. The number of carbonyl (C=O) groups is 1. The molecule has 8 heteroatoms. The van der Waals surface area contributed by atoms with Gasteiger partial charge in [0.2, 0.25) is 0 Å². The van der Waals surface area contributed by atoms with E-state index in [1.807, 2.05) is 31.2 Å². The lowest BCUT2D eigenvalue weighted by Gasteiger charge is -2.03. The summed E-state index contributed by atoms with van der Waals surface area (Å²) in [5.41, 5.74) is 5.57. The topological polar surface area (TPSA) is 80.1 Å². The Labute approximate surface area is 141 Å². The van der Waals surface area contributed by atoms with Crippen molar-refractivity contribution in [1.82, 2.24) is 20.0 Å². The van der Waals surface area contributed by atoms with Crippen molar-refractivity contribution >= 4 is 46.2 Å². The molecule has 3 rings (SSSR count). The number of pyridine rings is 1. The second-order valence-corrected chi connectivity index (χ2v) is 6.06. The van der Waals surface area contributed by atoms with Crippen molar-refractivity contribution in [3.8, 4) is 0 Å². The molecule has 116 valence electrons. The van der Waals surface area contributed by atoms with E-state index in [1.54, 1.807) is 6.92 Å². The number of hydrazone groups is 1. The third kappa shape index (κ3) is 3.35. The Hall–Kier alpha value is -2.38. The maximum absolute atomic E-state index is 11.9. The minimum Gasteiger partial charge on any atom is -0.266 e. The number of rotatable bonds is 3. The van der Waals surface area contributed by atoms with Gasteiger partial charge < -0.3 is 0 Å². The number of aryl methyl sites for hydroxylation is 2. The van der Waals surface area contributed by atoms with Crippen LogP contribution >= 0.6 is 23.1 Å². The number of amides is 1. The van der Waals surface area contributed by atoms with Gasteiger partial charge in [-0.05, 0) is 43.1 Å². The average molecular weight is 346 g/mol. The highest BCUT2D eigenvalue weighted by Gasteiger charge is 2.12. The molecule has 1 N–H and O–H groups in total. The summed E-state index contributed by atoms with van der Waals surface area (Å²) in [6.07, 6.45) is 1.47. The van der Waals surface area contributed by atoms with Crippen LogP contribution in [0.4, 0.5) is 0 Å². The number of hydrogen-bond acceptors (Lipinski definition) is 6. The van der Waals surface area contributed by atoms with Gasteiger partial charge in [-0.25, -0.2) is 10.4 Å². The zero-order valence-corrected chi connectivity index (χ0v) is 13.9. The second-order valence-electron chi connectivity index (χ2n) is 4.95. The van der Waals surface area contributed by atoms with Crippen molar-refractivity contribution < 1.29 is 4.79 Å². The molecule has 0 aliphatic rings. The highest BCUT2D eigenvalue weighted by atomic mass is 35.5. The molecule has 23 heavy (non-hydrogen) atoms. The van der Waals surface area contributed by atoms with Gasteiger partial charge in [-0.15, -0.1) is 5.10 Å². The highest BCUT2D eigenvalue weighted by Crippen LogP contribution is 2.20. The zero-order valence-electron chi connectivity index (χ0n) is 12.4. The molecule has 1 amide bonds. The molecule has 0 aliphatic carbocycles. The maximum Gasteiger partial charge on any atom is 0.285 e. The third-order valence-electron chi connectivity index (χ3n) is 3.18. The minimum absolute atomic E-state index is 0.330. The number of halogens is 1. The quantitative estimate of drug-likeness (QED) is 0.449. The fourth-order valence-corrected chi connectivity index (χ4v) is 2.75. The van der Waals surface area contributed by atoms with Crippen LogP contribution in [0.2, 0.25) is 5.15 Å². The summed E-state index contributed by atoms with van der Waals surface area (Å²) in [4.78, 5) is 16.7. The molecule has 0 saturated heterocycles. The molecular weight excluding hydrogens is 334 g/mol. The largest absolute Gasteiger partial charge is 0.285 e. The third-order valence-corrected chi connectivity index (χ3v) is 4.31.